The van der Waals surface area contributed by atoms with Crippen LogP contribution in [0.3, 0.4) is 0 Å². The second-order valence-corrected chi connectivity index (χ2v) is 13.7. The molecule has 0 saturated carbocycles. The van der Waals surface area contributed by atoms with Crippen LogP contribution in [0, 0.1) is 0 Å². The van der Waals surface area contributed by atoms with Crippen molar-refractivity contribution < 1.29 is 0 Å². The summed E-state index contributed by atoms with van der Waals surface area (Å²) in [5.41, 5.74) is 10.7. The number of nitrogens with zero attached hydrogens (tertiary/aromatic N) is 4. The second-order valence-electron chi connectivity index (χ2n) is 13.7. The Kier molecular flexibility index (Phi) is 8.12. The highest BCUT2D eigenvalue weighted by Crippen LogP contribution is 2.39. The normalized spacial score (nSPS) is 11.3. The second kappa shape index (κ2) is 13.8. The molecular weight excluding hydrogens is 669 g/mol. The Bertz CT molecular complexity index is 2920. The van der Waals surface area contributed by atoms with Crippen LogP contribution in [0.2, 0.25) is 0 Å². The fourth-order valence-corrected chi connectivity index (χ4v) is 7.67. The molecule has 10 aromatic rings. The number of fused-ring (bicyclic) bond motifs is 3. The smallest absolute Gasteiger partial charge is 0.145 e. The van der Waals surface area contributed by atoms with Crippen molar-refractivity contribution in [2.45, 2.75) is 0 Å². The monoisotopic (exact) mass is 704 g/mol. The summed E-state index contributed by atoms with van der Waals surface area (Å²) in [4.78, 5) is 9.83. The Morgan fingerprint density at radius 3 is 1.29 bits per heavy atom. The zero-order valence-electron chi connectivity index (χ0n) is 30.1. The third kappa shape index (κ3) is 6.06. The molecule has 55 heavy (non-hydrogen) atoms. The van der Waals surface area contributed by atoms with E-state index < -0.39 is 0 Å². The first-order valence-corrected chi connectivity index (χ1v) is 18.6. The SMILES string of the molecule is c1ccc(N(c2ccc(-c3nc4ccccc4n3-c3ccc(N(c4ccccc4)c4ccc5ccccc5c4)cc3)cc2)c2ccc3ccccc3c2)cc1. The summed E-state index contributed by atoms with van der Waals surface area (Å²) in [6.45, 7) is 0. The average Bonchev–Trinajstić information content (AvgIpc) is 3.65. The third-order valence-electron chi connectivity index (χ3n) is 10.3. The molecule has 260 valence electrons. The Balaban J connectivity index is 1.04. The molecular formula is C51H36N4. The van der Waals surface area contributed by atoms with E-state index in [0.717, 1.165) is 62.2 Å². The van der Waals surface area contributed by atoms with E-state index in [4.69, 9.17) is 4.98 Å². The number of hydrogen-bond donors (Lipinski definition) is 0. The van der Waals surface area contributed by atoms with Crippen LogP contribution in [-0.4, -0.2) is 9.55 Å². The van der Waals surface area contributed by atoms with Crippen molar-refractivity contribution in [3.8, 4) is 17.1 Å². The van der Waals surface area contributed by atoms with Crippen LogP contribution >= 0.6 is 0 Å². The summed E-state index contributed by atoms with van der Waals surface area (Å²) in [5.74, 6) is 0.895. The van der Waals surface area contributed by atoms with E-state index in [1.165, 1.54) is 21.5 Å². The molecule has 0 spiro atoms. The van der Waals surface area contributed by atoms with Gasteiger partial charge in [-0.3, -0.25) is 4.57 Å². The van der Waals surface area contributed by atoms with E-state index in [-0.39, 0.29) is 0 Å². The average molecular weight is 705 g/mol. The van der Waals surface area contributed by atoms with Crippen LogP contribution in [0.15, 0.2) is 218 Å². The maximum absolute atomic E-state index is 5.20. The quantitative estimate of drug-likeness (QED) is 0.157. The molecule has 0 fully saturated rings. The first-order valence-electron chi connectivity index (χ1n) is 18.6. The molecule has 0 bridgehead atoms. The zero-order valence-corrected chi connectivity index (χ0v) is 30.1. The van der Waals surface area contributed by atoms with E-state index in [1.807, 2.05) is 0 Å². The Hall–Kier alpha value is -7.43. The summed E-state index contributed by atoms with van der Waals surface area (Å²) in [6.07, 6.45) is 0. The molecule has 1 aromatic heterocycles. The maximum Gasteiger partial charge on any atom is 0.145 e. The number of imidazole rings is 1. The number of aromatic nitrogens is 2. The number of para-hydroxylation sites is 4. The van der Waals surface area contributed by atoms with Crippen LogP contribution in [0.4, 0.5) is 34.1 Å². The Morgan fingerprint density at radius 1 is 0.327 bits per heavy atom. The van der Waals surface area contributed by atoms with Gasteiger partial charge in [-0.1, -0.05) is 109 Å². The summed E-state index contributed by atoms with van der Waals surface area (Å²) in [5, 5.41) is 4.87. The van der Waals surface area contributed by atoms with Crippen LogP contribution in [0.25, 0.3) is 49.7 Å². The minimum Gasteiger partial charge on any atom is -0.310 e. The fraction of sp³-hybridized carbons (Fsp3) is 0. The molecule has 4 nitrogen and oxygen atoms in total. The van der Waals surface area contributed by atoms with Crippen molar-refractivity contribution in [2.24, 2.45) is 0 Å². The van der Waals surface area contributed by atoms with E-state index in [9.17, 15) is 0 Å². The lowest BCUT2D eigenvalue weighted by molar-refractivity contribution is 1.10. The van der Waals surface area contributed by atoms with Gasteiger partial charge in [-0.2, -0.15) is 0 Å². The maximum atomic E-state index is 5.20. The molecule has 0 amide bonds. The predicted octanol–water partition coefficient (Wildman–Crippen LogP) is 13.9. The highest BCUT2D eigenvalue weighted by atomic mass is 15.2. The number of rotatable bonds is 8. The van der Waals surface area contributed by atoms with Gasteiger partial charge in [-0.15, -0.1) is 0 Å². The Morgan fingerprint density at radius 2 is 0.745 bits per heavy atom. The number of benzene rings is 9. The molecule has 0 N–H and O–H groups in total. The topological polar surface area (TPSA) is 24.3 Å². The molecule has 0 aliphatic rings. The van der Waals surface area contributed by atoms with Gasteiger partial charge in [-0.25, -0.2) is 4.98 Å². The molecule has 0 aliphatic heterocycles. The third-order valence-corrected chi connectivity index (χ3v) is 10.3. The standard InChI is InChI=1S/C51H36N4/c1-3-17-42(18-4-1)53(47-29-23-37-13-7-9-15-40(37)35-47)44-27-25-39(26-28-44)51-52-49-21-11-12-22-50(49)55(51)46-33-31-45(32-34-46)54(43-19-5-2-6-20-43)48-30-24-38-14-8-10-16-41(38)36-48/h1-36H. The van der Waals surface area contributed by atoms with Gasteiger partial charge in [0.2, 0.25) is 0 Å². The lowest BCUT2D eigenvalue weighted by Gasteiger charge is -2.26. The van der Waals surface area contributed by atoms with Gasteiger partial charge >= 0.3 is 0 Å². The lowest BCUT2D eigenvalue weighted by atomic mass is 10.1. The highest BCUT2D eigenvalue weighted by molar-refractivity contribution is 5.91. The van der Waals surface area contributed by atoms with Gasteiger partial charge in [0, 0.05) is 45.4 Å². The minimum atomic E-state index is 0.895. The summed E-state index contributed by atoms with van der Waals surface area (Å²) in [7, 11) is 0. The van der Waals surface area contributed by atoms with Crippen molar-refractivity contribution >= 4 is 66.7 Å². The zero-order chi connectivity index (χ0) is 36.6. The number of anilines is 6. The molecule has 0 unspecified atom stereocenters. The molecule has 10 rings (SSSR count). The fourth-order valence-electron chi connectivity index (χ4n) is 7.67. The largest absolute Gasteiger partial charge is 0.310 e. The van der Waals surface area contributed by atoms with Gasteiger partial charge in [0.15, 0.2) is 0 Å². The molecule has 0 aliphatic carbocycles. The van der Waals surface area contributed by atoms with Gasteiger partial charge in [0.1, 0.15) is 5.82 Å². The summed E-state index contributed by atoms with van der Waals surface area (Å²) in [6, 6.07) is 77.4. The Labute approximate surface area is 320 Å². The van der Waals surface area contributed by atoms with E-state index in [1.54, 1.807) is 0 Å². The molecule has 0 radical (unpaired) electrons. The number of hydrogen-bond acceptors (Lipinski definition) is 3. The highest BCUT2D eigenvalue weighted by Gasteiger charge is 2.18. The first-order chi connectivity index (χ1) is 27.3. The van der Waals surface area contributed by atoms with E-state index in [2.05, 4.69) is 233 Å². The summed E-state index contributed by atoms with van der Waals surface area (Å²) < 4.78 is 2.27. The van der Waals surface area contributed by atoms with Crippen molar-refractivity contribution in [1.29, 1.82) is 0 Å². The molecule has 1 heterocycles. The van der Waals surface area contributed by atoms with Crippen molar-refractivity contribution in [3.63, 3.8) is 0 Å². The van der Waals surface area contributed by atoms with Crippen molar-refractivity contribution in [2.75, 3.05) is 9.80 Å². The lowest BCUT2D eigenvalue weighted by Crippen LogP contribution is -2.10. The minimum absolute atomic E-state index is 0.895. The van der Waals surface area contributed by atoms with Crippen LogP contribution in [-0.2, 0) is 0 Å². The van der Waals surface area contributed by atoms with Crippen LogP contribution < -0.4 is 9.80 Å². The van der Waals surface area contributed by atoms with E-state index >= 15 is 0 Å². The van der Waals surface area contributed by atoms with Gasteiger partial charge in [0.25, 0.3) is 0 Å². The van der Waals surface area contributed by atoms with Gasteiger partial charge in [-0.05, 0) is 131 Å². The molecule has 0 saturated heterocycles. The van der Waals surface area contributed by atoms with Crippen LogP contribution in [0.1, 0.15) is 0 Å². The van der Waals surface area contributed by atoms with Crippen molar-refractivity contribution in [3.05, 3.63) is 218 Å². The summed E-state index contributed by atoms with van der Waals surface area (Å²) >= 11 is 0. The van der Waals surface area contributed by atoms with Gasteiger partial charge < -0.3 is 9.80 Å². The molecule has 4 heteroatoms. The van der Waals surface area contributed by atoms with Gasteiger partial charge in [0.05, 0.1) is 11.0 Å². The predicted molar refractivity (Wildman–Crippen MR) is 231 cm³/mol. The van der Waals surface area contributed by atoms with E-state index in [0.29, 0.717) is 0 Å². The van der Waals surface area contributed by atoms with Crippen molar-refractivity contribution in [1.82, 2.24) is 9.55 Å². The first kappa shape index (κ1) is 32.2. The van der Waals surface area contributed by atoms with Crippen LogP contribution in [0.5, 0.6) is 0 Å². The molecule has 0 atom stereocenters. The molecule has 9 aromatic carbocycles.